The third-order valence-electron chi connectivity index (χ3n) is 3.75. The van der Waals surface area contributed by atoms with Gasteiger partial charge in [0.15, 0.2) is 5.76 Å². The summed E-state index contributed by atoms with van der Waals surface area (Å²) in [6, 6.07) is 10.8. The van der Waals surface area contributed by atoms with E-state index in [1.807, 2.05) is 30.3 Å². The van der Waals surface area contributed by atoms with Crippen molar-refractivity contribution in [3.8, 4) is 0 Å². The molecule has 0 amide bonds. The van der Waals surface area contributed by atoms with Crippen LogP contribution in [0.25, 0.3) is 0 Å². The Hall–Kier alpha value is -2.18. The van der Waals surface area contributed by atoms with E-state index in [2.05, 4.69) is 5.16 Å². The smallest absolute Gasteiger partial charge is 0.234 e. The van der Waals surface area contributed by atoms with Crippen LogP contribution in [0.2, 0.25) is 5.02 Å². The first-order valence-corrected chi connectivity index (χ1v) is 8.53. The second-order valence-electron chi connectivity index (χ2n) is 5.39. The molecule has 1 aromatic carbocycles. The molecular weight excluding hydrogens is 348 g/mol. The van der Waals surface area contributed by atoms with Crippen LogP contribution < -0.4 is 5.73 Å². The van der Waals surface area contributed by atoms with E-state index in [0.29, 0.717) is 22.1 Å². The molecular formula is C17H15ClN2O3S. The van der Waals surface area contributed by atoms with E-state index in [9.17, 15) is 4.79 Å². The van der Waals surface area contributed by atoms with E-state index in [4.69, 9.17) is 27.0 Å². The Bertz CT molecular complexity index is 785. The summed E-state index contributed by atoms with van der Waals surface area (Å²) < 4.78 is 5.19. The minimum Gasteiger partial charge on any atom is -0.461 e. The lowest BCUT2D eigenvalue weighted by atomic mass is 9.94. The maximum Gasteiger partial charge on any atom is 0.234 e. The monoisotopic (exact) mass is 362 g/mol. The van der Waals surface area contributed by atoms with Crippen molar-refractivity contribution in [1.29, 1.82) is 0 Å². The van der Waals surface area contributed by atoms with Gasteiger partial charge in [0.1, 0.15) is 5.84 Å². The maximum absolute atomic E-state index is 12.5. The number of nitrogens with two attached hydrogens (primary N) is 1. The minimum absolute atomic E-state index is 0.0171. The summed E-state index contributed by atoms with van der Waals surface area (Å²) in [6.07, 6.45) is 3.69. The number of carbonyl (C=O) groups excluding carboxylic acids is 1. The Morgan fingerprint density at radius 1 is 1.33 bits per heavy atom. The van der Waals surface area contributed by atoms with Crippen LogP contribution in [0.15, 0.2) is 63.2 Å². The summed E-state index contributed by atoms with van der Waals surface area (Å²) in [5, 5.41) is 12.5. The molecule has 3 rings (SSSR count). The van der Waals surface area contributed by atoms with Gasteiger partial charge in [-0.1, -0.05) is 35.0 Å². The Balaban J connectivity index is 1.88. The predicted octanol–water partition coefficient (Wildman–Crippen LogP) is 4.24. The molecule has 24 heavy (non-hydrogen) atoms. The largest absolute Gasteiger partial charge is 0.461 e. The summed E-state index contributed by atoms with van der Waals surface area (Å²) in [6.45, 7) is 0. The van der Waals surface area contributed by atoms with Gasteiger partial charge in [0.05, 0.1) is 11.2 Å². The number of nitrogens with zero attached hydrogens (tertiary/aromatic N) is 1. The standard InChI is InChI=1S/C17H15ClN2O3S/c18-12-5-3-10(4-6-12)17-11(9-15(19)20-22)8-14(24-17)16(21)13-2-1-7-23-13/h1-8,11,17,22H,9H2,(H2,19,20). The van der Waals surface area contributed by atoms with E-state index in [1.54, 1.807) is 12.1 Å². The maximum atomic E-state index is 12.5. The van der Waals surface area contributed by atoms with Crippen LogP contribution in [0.4, 0.5) is 0 Å². The fourth-order valence-corrected chi connectivity index (χ4v) is 4.12. The van der Waals surface area contributed by atoms with Crippen molar-refractivity contribution >= 4 is 35.0 Å². The molecule has 2 atom stereocenters. The van der Waals surface area contributed by atoms with Crippen LogP contribution in [-0.2, 0) is 0 Å². The zero-order valence-electron chi connectivity index (χ0n) is 12.6. The lowest BCUT2D eigenvalue weighted by Crippen LogP contribution is -2.18. The lowest BCUT2D eigenvalue weighted by Gasteiger charge is -2.18. The molecule has 1 aliphatic rings. The number of hydrogen-bond acceptors (Lipinski definition) is 5. The number of halogens is 1. The highest BCUT2D eigenvalue weighted by molar-refractivity contribution is 8.04. The summed E-state index contributed by atoms with van der Waals surface area (Å²) >= 11 is 7.40. The van der Waals surface area contributed by atoms with Crippen LogP contribution in [0, 0.1) is 5.92 Å². The number of furan rings is 1. The van der Waals surface area contributed by atoms with Gasteiger partial charge < -0.3 is 15.4 Å². The number of ketones is 1. The van der Waals surface area contributed by atoms with Gasteiger partial charge in [-0.2, -0.15) is 0 Å². The third-order valence-corrected chi connectivity index (χ3v) is 5.45. The highest BCUT2D eigenvalue weighted by Crippen LogP contribution is 2.49. The average molecular weight is 363 g/mol. The number of amidine groups is 1. The zero-order valence-corrected chi connectivity index (χ0v) is 14.1. The van der Waals surface area contributed by atoms with E-state index in [1.165, 1.54) is 18.0 Å². The van der Waals surface area contributed by atoms with Gasteiger partial charge in [-0.05, 0) is 29.8 Å². The number of Topliss-reactive ketones (excluding diaryl/α,β-unsaturated/α-hetero) is 1. The molecule has 3 N–H and O–H groups in total. The summed E-state index contributed by atoms with van der Waals surface area (Å²) in [5.41, 5.74) is 6.70. The molecule has 0 bridgehead atoms. The first-order valence-electron chi connectivity index (χ1n) is 7.27. The number of oxime groups is 1. The Kier molecular flexibility index (Phi) is 4.97. The first kappa shape index (κ1) is 16.7. The van der Waals surface area contributed by atoms with Gasteiger partial charge in [-0.3, -0.25) is 4.79 Å². The number of carbonyl (C=O) groups is 1. The lowest BCUT2D eigenvalue weighted by molar-refractivity contribution is 0.101. The van der Waals surface area contributed by atoms with Crippen LogP contribution in [0.1, 0.15) is 27.8 Å². The molecule has 2 aromatic rings. The van der Waals surface area contributed by atoms with E-state index in [-0.39, 0.29) is 22.8 Å². The Labute approximate surface area is 148 Å². The second kappa shape index (κ2) is 7.15. The molecule has 1 aliphatic heterocycles. The van der Waals surface area contributed by atoms with Crippen molar-refractivity contribution in [1.82, 2.24) is 0 Å². The molecule has 5 nitrogen and oxygen atoms in total. The van der Waals surface area contributed by atoms with Gasteiger partial charge in [-0.25, -0.2) is 0 Å². The number of thioether (sulfide) groups is 1. The minimum atomic E-state index is -0.161. The molecule has 0 fully saturated rings. The van der Waals surface area contributed by atoms with Crippen molar-refractivity contribution < 1.29 is 14.4 Å². The van der Waals surface area contributed by atoms with E-state index < -0.39 is 0 Å². The summed E-state index contributed by atoms with van der Waals surface area (Å²) in [5.74, 6) is 0.197. The van der Waals surface area contributed by atoms with Crippen molar-refractivity contribution in [3.05, 3.63) is 70.0 Å². The molecule has 1 aromatic heterocycles. The fourth-order valence-electron chi connectivity index (χ4n) is 2.62. The van der Waals surface area contributed by atoms with Gasteiger partial charge >= 0.3 is 0 Å². The van der Waals surface area contributed by atoms with Crippen LogP contribution >= 0.6 is 23.4 Å². The Morgan fingerprint density at radius 3 is 2.71 bits per heavy atom. The topological polar surface area (TPSA) is 88.8 Å². The average Bonchev–Trinajstić information content (AvgIpc) is 3.25. The number of hydrogen-bond donors (Lipinski definition) is 2. The van der Waals surface area contributed by atoms with Gasteiger partial charge in [0.2, 0.25) is 5.78 Å². The second-order valence-corrected chi connectivity index (χ2v) is 7.01. The molecule has 7 heteroatoms. The summed E-state index contributed by atoms with van der Waals surface area (Å²) in [4.78, 5) is 13.1. The van der Waals surface area contributed by atoms with E-state index >= 15 is 0 Å². The van der Waals surface area contributed by atoms with Crippen LogP contribution in [0.5, 0.6) is 0 Å². The van der Waals surface area contributed by atoms with Gasteiger partial charge in [0.25, 0.3) is 0 Å². The Morgan fingerprint density at radius 2 is 2.08 bits per heavy atom. The predicted molar refractivity (Wildman–Crippen MR) is 94.4 cm³/mol. The zero-order chi connectivity index (χ0) is 17.1. The highest BCUT2D eigenvalue weighted by Gasteiger charge is 2.34. The normalized spacial score (nSPS) is 20.9. The van der Waals surface area contributed by atoms with Crippen LogP contribution in [0.3, 0.4) is 0 Å². The molecule has 124 valence electrons. The molecule has 0 saturated carbocycles. The molecule has 2 unspecified atom stereocenters. The number of allylic oxidation sites excluding steroid dienone is 2. The molecule has 0 saturated heterocycles. The highest BCUT2D eigenvalue weighted by atomic mass is 35.5. The van der Waals surface area contributed by atoms with Crippen molar-refractivity contribution in [2.75, 3.05) is 0 Å². The van der Waals surface area contributed by atoms with Crippen molar-refractivity contribution in [3.63, 3.8) is 0 Å². The SMILES string of the molecule is NC(CC1C=C(C(=O)c2ccco2)SC1c1ccc(Cl)cc1)=NO. The first-order chi connectivity index (χ1) is 11.6. The molecule has 0 radical (unpaired) electrons. The number of benzene rings is 1. The fraction of sp³-hybridized carbons (Fsp3) is 0.176. The van der Waals surface area contributed by atoms with Crippen molar-refractivity contribution in [2.24, 2.45) is 16.8 Å². The number of rotatable bonds is 5. The van der Waals surface area contributed by atoms with Crippen LogP contribution in [-0.4, -0.2) is 16.8 Å². The van der Waals surface area contributed by atoms with Gasteiger partial charge in [-0.15, -0.1) is 11.8 Å². The van der Waals surface area contributed by atoms with Crippen molar-refractivity contribution in [2.45, 2.75) is 11.7 Å². The quantitative estimate of drug-likeness (QED) is 0.273. The van der Waals surface area contributed by atoms with E-state index in [0.717, 1.165) is 5.56 Å². The van der Waals surface area contributed by atoms with Gasteiger partial charge in [0, 0.05) is 22.6 Å². The molecule has 0 aliphatic carbocycles. The third kappa shape index (κ3) is 3.49. The summed E-state index contributed by atoms with van der Waals surface area (Å²) in [7, 11) is 0. The molecule has 2 heterocycles. The molecule has 0 spiro atoms.